The number of allylic oxidation sites excluding steroid dienone is 18. The van der Waals surface area contributed by atoms with E-state index in [-0.39, 0.29) is 25.9 Å². The minimum atomic E-state index is -1.93. The Kier molecular flexibility index (Phi) is 49.5. The van der Waals surface area contributed by atoms with Crippen LogP contribution in [0.2, 0.25) is 0 Å². The number of unbranched alkanes of at least 4 members (excludes halogenated alkanes) is 19. The molecular weight excluding hydrogens is 997 g/mol. The standard InChI is InChI=1S/C67H108O12/c1-4-7-10-13-16-19-22-25-27-29-30-32-34-37-40-43-46-49-52-55-61(70)78-65-63(72)62(71)64(66(73)74)79-67(65)76-57-58(77-60(69)54-51-48-45-42-39-35-24-21-18-15-12-9-6-3)56-75-59(68)53-50-47-44-41-38-36-33-31-28-26-23-20-17-14-11-8-5-2/h7,9-10,12,16,18-19,21,25,27,30,32,35,37,39-40,45,48,58,62-65,67,71-72H,4-6,8,11,13-15,17,20,22-24,26,28-29,31,33-34,36,38,41-44,46-47,49-57H2,1-3H3,(H,73,74)/b10-7-,12-9-,19-16-,21-18-,27-25-,32-30-,39-35-,40-37-,48-45-. The highest BCUT2D eigenvalue weighted by atomic mass is 16.7. The molecule has 1 aliphatic heterocycles. The molecule has 0 aromatic carbocycles. The number of esters is 3. The number of aliphatic carboxylic acids is 1. The number of carboxylic acids is 1. The van der Waals surface area contributed by atoms with Gasteiger partial charge in [0, 0.05) is 19.3 Å². The Balaban J connectivity index is 2.71. The Morgan fingerprint density at radius 3 is 1.27 bits per heavy atom. The number of hydrogen-bond acceptors (Lipinski definition) is 11. The van der Waals surface area contributed by atoms with Crippen LogP contribution in [0.25, 0.3) is 0 Å². The maximum Gasteiger partial charge on any atom is 0.335 e. The Hall–Kier alpha value is -4.62. The number of aliphatic hydroxyl groups is 2. The summed E-state index contributed by atoms with van der Waals surface area (Å²) in [6.07, 6.45) is 60.7. The molecule has 0 radical (unpaired) electrons. The molecule has 12 heteroatoms. The lowest BCUT2D eigenvalue weighted by Crippen LogP contribution is -2.61. The van der Waals surface area contributed by atoms with Crippen molar-refractivity contribution in [3.8, 4) is 0 Å². The van der Waals surface area contributed by atoms with E-state index in [2.05, 4.69) is 118 Å². The highest BCUT2D eigenvalue weighted by Crippen LogP contribution is 2.26. The number of carbonyl (C=O) groups is 4. The van der Waals surface area contributed by atoms with Gasteiger partial charge in [-0.3, -0.25) is 14.4 Å². The molecule has 0 bridgehead atoms. The van der Waals surface area contributed by atoms with Crippen LogP contribution in [-0.2, 0) is 42.9 Å². The topological polar surface area (TPSA) is 175 Å². The van der Waals surface area contributed by atoms with Crippen molar-refractivity contribution in [2.75, 3.05) is 13.2 Å². The van der Waals surface area contributed by atoms with E-state index in [1.165, 1.54) is 83.5 Å². The van der Waals surface area contributed by atoms with Gasteiger partial charge in [-0.15, -0.1) is 0 Å². The van der Waals surface area contributed by atoms with Crippen LogP contribution in [-0.4, -0.2) is 89.2 Å². The molecule has 1 rings (SSSR count). The summed E-state index contributed by atoms with van der Waals surface area (Å²) in [4.78, 5) is 51.2. The van der Waals surface area contributed by atoms with Crippen LogP contribution < -0.4 is 0 Å². The number of ether oxygens (including phenoxy) is 5. The quantitative estimate of drug-likeness (QED) is 0.0228. The van der Waals surface area contributed by atoms with Gasteiger partial charge in [0.15, 0.2) is 24.6 Å². The predicted octanol–water partition coefficient (Wildman–Crippen LogP) is 16.2. The summed E-state index contributed by atoms with van der Waals surface area (Å²) in [7, 11) is 0. The van der Waals surface area contributed by atoms with Crippen LogP contribution in [0.15, 0.2) is 109 Å². The molecule has 1 fully saturated rings. The van der Waals surface area contributed by atoms with E-state index in [0.29, 0.717) is 25.7 Å². The first kappa shape index (κ1) is 72.4. The van der Waals surface area contributed by atoms with Crippen molar-refractivity contribution in [3.05, 3.63) is 109 Å². The third-order valence-corrected chi connectivity index (χ3v) is 13.4. The monoisotopic (exact) mass is 1100 g/mol. The van der Waals surface area contributed by atoms with Crippen molar-refractivity contribution in [2.45, 2.75) is 276 Å². The average molecular weight is 1110 g/mol. The molecular formula is C67H108O12. The lowest BCUT2D eigenvalue weighted by Gasteiger charge is -2.40. The Labute approximate surface area is 478 Å². The smallest absolute Gasteiger partial charge is 0.335 e. The normalized spacial score (nSPS) is 18.6. The van der Waals surface area contributed by atoms with E-state index in [1.54, 1.807) is 0 Å². The van der Waals surface area contributed by atoms with Gasteiger partial charge in [-0.05, 0) is 89.9 Å². The summed E-state index contributed by atoms with van der Waals surface area (Å²) in [5, 5.41) is 31.5. The second kappa shape index (κ2) is 54.0. The molecule has 6 unspecified atom stereocenters. The first-order valence-corrected chi connectivity index (χ1v) is 30.9. The van der Waals surface area contributed by atoms with Gasteiger partial charge in [-0.1, -0.05) is 239 Å². The van der Waals surface area contributed by atoms with Crippen LogP contribution in [0.5, 0.6) is 0 Å². The van der Waals surface area contributed by atoms with Gasteiger partial charge in [0.2, 0.25) is 0 Å². The molecule has 448 valence electrons. The summed E-state index contributed by atoms with van der Waals surface area (Å²) in [5.74, 6) is -3.28. The van der Waals surface area contributed by atoms with Crippen molar-refractivity contribution in [2.24, 2.45) is 0 Å². The highest BCUT2D eigenvalue weighted by molar-refractivity contribution is 5.74. The second-order valence-corrected chi connectivity index (χ2v) is 20.6. The van der Waals surface area contributed by atoms with Crippen LogP contribution in [0.1, 0.15) is 239 Å². The van der Waals surface area contributed by atoms with E-state index < -0.39 is 67.3 Å². The molecule has 0 aliphatic carbocycles. The van der Waals surface area contributed by atoms with Gasteiger partial charge in [0.1, 0.15) is 18.8 Å². The molecule has 1 heterocycles. The van der Waals surface area contributed by atoms with E-state index >= 15 is 0 Å². The van der Waals surface area contributed by atoms with E-state index in [4.69, 9.17) is 23.7 Å². The SMILES string of the molecule is CC/C=C\C/C=C\C/C=C\C/C=C\C/C=C\CCCCCC(=O)OC1C(OCC(COC(=O)CCCCCCCCCCCCCCCCCCC)OC(=O)CC/C=C\C/C=C\C/C=C\C/C=C\CC)OC(C(=O)O)C(O)C1O. The van der Waals surface area contributed by atoms with Crippen molar-refractivity contribution >= 4 is 23.9 Å². The zero-order valence-electron chi connectivity index (χ0n) is 49.3. The predicted molar refractivity (Wildman–Crippen MR) is 321 cm³/mol. The third kappa shape index (κ3) is 43.8. The fourth-order valence-corrected chi connectivity index (χ4v) is 8.70. The summed E-state index contributed by atoms with van der Waals surface area (Å²) >= 11 is 0. The Morgan fingerprint density at radius 2 is 0.823 bits per heavy atom. The molecule has 0 spiro atoms. The maximum atomic E-state index is 13.1. The molecule has 3 N–H and O–H groups in total. The number of carboxylic acid groups (broad SMARTS) is 1. The minimum absolute atomic E-state index is 0.00890. The molecule has 0 amide bonds. The van der Waals surface area contributed by atoms with Crippen LogP contribution in [0, 0.1) is 0 Å². The first-order valence-electron chi connectivity index (χ1n) is 30.9. The molecule has 12 nitrogen and oxygen atoms in total. The van der Waals surface area contributed by atoms with Crippen molar-refractivity contribution in [1.82, 2.24) is 0 Å². The van der Waals surface area contributed by atoms with E-state index in [1.807, 2.05) is 12.2 Å². The molecule has 79 heavy (non-hydrogen) atoms. The summed E-state index contributed by atoms with van der Waals surface area (Å²) in [6, 6.07) is 0. The van der Waals surface area contributed by atoms with Crippen LogP contribution >= 0.6 is 0 Å². The summed E-state index contributed by atoms with van der Waals surface area (Å²) in [5.41, 5.74) is 0. The number of hydrogen-bond donors (Lipinski definition) is 3. The van der Waals surface area contributed by atoms with Crippen molar-refractivity contribution in [3.63, 3.8) is 0 Å². The third-order valence-electron chi connectivity index (χ3n) is 13.4. The van der Waals surface area contributed by atoms with Gasteiger partial charge in [-0.2, -0.15) is 0 Å². The molecule has 0 aromatic heterocycles. The van der Waals surface area contributed by atoms with Gasteiger partial charge in [-0.25, -0.2) is 4.79 Å². The van der Waals surface area contributed by atoms with Crippen LogP contribution in [0.3, 0.4) is 0 Å². The number of aliphatic hydroxyl groups excluding tert-OH is 2. The molecule has 1 aliphatic rings. The van der Waals surface area contributed by atoms with Gasteiger partial charge < -0.3 is 39.0 Å². The maximum absolute atomic E-state index is 13.1. The Morgan fingerprint density at radius 1 is 0.430 bits per heavy atom. The average Bonchev–Trinajstić information content (AvgIpc) is 3.46. The van der Waals surface area contributed by atoms with Gasteiger partial charge >= 0.3 is 23.9 Å². The lowest BCUT2D eigenvalue weighted by atomic mass is 9.98. The fourth-order valence-electron chi connectivity index (χ4n) is 8.70. The summed E-state index contributed by atoms with van der Waals surface area (Å²) < 4.78 is 28.3. The Bertz CT molecular complexity index is 1790. The largest absolute Gasteiger partial charge is 0.479 e. The molecule has 0 saturated carbocycles. The zero-order chi connectivity index (χ0) is 57.5. The van der Waals surface area contributed by atoms with Gasteiger partial charge in [0.25, 0.3) is 0 Å². The minimum Gasteiger partial charge on any atom is -0.479 e. The fraction of sp³-hybridized carbons (Fsp3) is 0.672. The highest BCUT2D eigenvalue weighted by Gasteiger charge is 2.50. The van der Waals surface area contributed by atoms with E-state index in [9.17, 15) is 34.5 Å². The zero-order valence-corrected chi connectivity index (χ0v) is 49.3. The first-order chi connectivity index (χ1) is 38.6. The second-order valence-electron chi connectivity index (χ2n) is 20.6. The molecule has 6 atom stereocenters. The van der Waals surface area contributed by atoms with Crippen molar-refractivity contribution < 1.29 is 58.2 Å². The number of carbonyl (C=O) groups excluding carboxylic acids is 3. The van der Waals surface area contributed by atoms with E-state index in [0.717, 1.165) is 89.9 Å². The molecule has 0 aromatic rings. The lowest BCUT2D eigenvalue weighted by molar-refractivity contribution is -0.301. The molecule has 1 saturated heterocycles. The van der Waals surface area contributed by atoms with Crippen molar-refractivity contribution in [1.29, 1.82) is 0 Å². The summed E-state index contributed by atoms with van der Waals surface area (Å²) in [6.45, 7) is 5.70. The number of rotatable bonds is 51. The van der Waals surface area contributed by atoms with Crippen LogP contribution in [0.4, 0.5) is 0 Å². The van der Waals surface area contributed by atoms with Gasteiger partial charge in [0.05, 0.1) is 6.61 Å².